The van der Waals surface area contributed by atoms with Crippen molar-refractivity contribution >= 4 is 46.6 Å². The van der Waals surface area contributed by atoms with Crippen molar-refractivity contribution in [3.8, 4) is 22.3 Å². The van der Waals surface area contributed by atoms with Crippen LogP contribution in [0.4, 0.5) is 0 Å². The van der Waals surface area contributed by atoms with Crippen LogP contribution in [0.2, 0.25) is 0 Å². The van der Waals surface area contributed by atoms with Gasteiger partial charge in [0.1, 0.15) is 0 Å². The Morgan fingerprint density at radius 1 is 0.450 bits per heavy atom. The van der Waals surface area contributed by atoms with Crippen LogP contribution in [0.25, 0.3) is 22.3 Å². The predicted molar refractivity (Wildman–Crippen MR) is 169 cm³/mol. The van der Waals surface area contributed by atoms with E-state index in [-0.39, 0.29) is 12.1 Å². The molecule has 0 amide bonds. The second-order valence-corrected chi connectivity index (χ2v) is 13.3. The van der Waals surface area contributed by atoms with Crippen molar-refractivity contribution in [3.63, 3.8) is 0 Å². The molecule has 1 spiro atoms. The normalized spacial score (nSPS) is 15.4. The van der Waals surface area contributed by atoms with E-state index in [9.17, 15) is 0 Å². The maximum absolute atomic E-state index is 2.58. The highest BCUT2D eigenvalue weighted by Crippen LogP contribution is 2.64. The molecule has 0 N–H and O–H groups in total. The Balaban J connectivity index is 1.39. The maximum atomic E-state index is 2.58. The summed E-state index contributed by atoms with van der Waals surface area (Å²) >= 11 is 3.95. The Morgan fingerprint density at radius 3 is 1.60 bits per heavy atom. The molecule has 4 aliphatic rings. The first-order chi connectivity index (χ1) is 19.9. The molecule has 0 bridgehead atoms. The van der Waals surface area contributed by atoms with Crippen LogP contribution in [0.5, 0.6) is 0 Å². The van der Waals surface area contributed by atoms with E-state index >= 15 is 0 Å². The summed E-state index contributed by atoms with van der Waals surface area (Å²) in [4.78, 5) is 5.62. The topological polar surface area (TPSA) is 0 Å². The van der Waals surface area contributed by atoms with E-state index in [2.05, 4.69) is 127 Å². The average Bonchev–Trinajstić information content (AvgIpc) is 3.48. The second-order valence-electron chi connectivity index (χ2n) is 11.1. The highest BCUT2D eigenvalue weighted by Gasteiger charge is 2.53. The SMILES string of the molecule is c1ccc2c(c1)Sc1cc3c(c4c1B2c1ccccc1S4)-c1ccccc1C31c2ccccc2-c2ccccc21. The molecule has 0 nitrogen and oxygen atoms in total. The first-order valence-corrected chi connectivity index (χ1v) is 15.5. The van der Waals surface area contributed by atoms with E-state index < -0.39 is 0 Å². The Labute approximate surface area is 242 Å². The Bertz CT molecular complexity index is 2030. The van der Waals surface area contributed by atoms with Gasteiger partial charge in [-0.1, -0.05) is 144 Å². The molecule has 2 heterocycles. The van der Waals surface area contributed by atoms with Gasteiger partial charge in [-0.05, 0) is 62.6 Å². The summed E-state index contributed by atoms with van der Waals surface area (Å²) in [6.07, 6.45) is 0. The molecule has 40 heavy (non-hydrogen) atoms. The zero-order chi connectivity index (χ0) is 26.0. The van der Waals surface area contributed by atoms with Crippen molar-refractivity contribution in [1.82, 2.24) is 0 Å². The summed E-state index contributed by atoms with van der Waals surface area (Å²) in [5.74, 6) is 0. The molecule has 0 saturated carbocycles. The Morgan fingerprint density at radius 2 is 0.950 bits per heavy atom. The molecular formula is C37H21BS2. The van der Waals surface area contributed by atoms with Crippen LogP contribution in [0.15, 0.2) is 147 Å². The van der Waals surface area contributed by atoms with Crippen LogP contribution >= 0.6 is 23.5 Å². The monoisotopic (exact) mass is 540 g/mol. The lowest BCUT2D eigenvalue weighted by Crippen LogP contribution is -2.58. The van der Waals surface area contributed by atoms with E-state index in [4.69, 9.17) is 0 Å². The minimum atomic E-state index is -0.310. The lowest BCUT2D eigenvalue weighted by molar-refractivity contribution is 0.790. The van der Waals surface area contributed by atoms with E-state index in [1.807, 2.05) is 23.5 Å². The quantitative estimate of drug-likeness (QED) is 0.183. The molecule has 2 aliphatic carbocycles. The van der Waals surface area contributed by atoms with Crippen molar-refractivity contribution in [2.24, 2.45) is 0 Å². The smallest absolute Gasteiger partial charge is 0.0911 e. The second kappa shape index (κ2) is 7.63. The van der Waals surface area contributed by atoms with Gasteiger partial charge in [-0.3, -0.25) is 0 Å². The van der Waals surface area contributed by atoms with Gasteiger partial charge in [-0.15, -0.1) is 0 Å². The molecule has 0 atom stereocenters. The standard InChI is InChI=1S/C37H21BS2/c1-4-14-25-22(11-1)23-12-2-5-15-26(23)37(25)27-16-6-3-13-24(27)34-28(37)21-33-35-36(34)40-32-20-10-8-18-30(32)38(35)29-17-7-9-19-31(29)39-33/h1-21H. The predicted octanol–water partition coefficient (Wildman–Crippen LogP) is 7.48. The first-order valence-electron chi connectivity index (χ1n) is 13.9. The van der Waals surface area contributed by atoms with Crippen LogP contribution in [0.3, 0.4) is 0 Å². The van der Waals surface area contributed by atoms with E-state index in [1.54, 1.807) is 0 Å². The summed E-state index contributed by atoms with van der Waals surface area (Å²) in [7, 11) is 0. The van der Waals surface area contributed by atoms with Crippen molar-refractivity contribution in [2.75, 3.05) is 0 Å². The molecule has 10 rings (SSSR count). The van der Waals surface area contributed by atoms with Gasteiger partial charge in [0.25, 0.3) is 0 Å². The van der Waals surface area contributed by atoms with Gasteiger partial charge in [0.2, 0.25) is 6.71 Å². The van der Waals surface area contributed by atoms with Crippen molar-refractivity contribution < 1.29 is 0 Å². The summed E-state index contributed by atoms with van der Waals surface area (Å²) in [6.45, 7) is 0.261. The van der Waals surface area contributed by atoms with Gasteiger partial charge in [0.05, 0.1) is 5.41 Å². The molecule has 2 aliphatic heterocycles. The summed E-state index contributed by atoms with van der Waals surface area (Å²) in [6, 6.07) is 48.1. The first kappa shape index (κ1) is 21.9. The molecule has 0 radical (unpaired) electrons. The highest BCUT2D eigenvalue weighted by molar-refractivity contribution is 8.01. The van der Waals surface area contributed by atoms with Gasteiger partial charge < -0.3 is 0 Å². The molecule has 6 aromatic rings. The fraction of sp³-hybridized carbons (Fsp3) is 0.0270. The summed E-state index contributed by atoms with van der Waals surface area (Å²) in [5.41, 5.74) is 15.3. The molecule has 184 valence electrons. The molecule has 3 heteroatoms. The zero-order valence-electron chi connectivity index (χ0n) is 21.5. The van der Waals surface area contributed by atoms with Crippen molar-refractivity contribution in [1.29, 1.82) is 0 Å². The van der Waals surface area contributed by atoms with E-state index in [0.717, 1.165) is 0 Å². The minimum Gasteiger partial charge on any atom is -0.0911 e. The minimum absolute atomic E-state index is 0.261. The largest absolute Gasteiger partial charge is 0.247 e. The fourth-order valence-electron chi connectivity index (χ4n) is 8.00. The van der Waals surface area contributed by atoms with Gasteiger partial charge in [0, 0.05) is 25.1 Å². The number of rotatable bonds is 0. The molecule has 0 unspecified atom stereocenters. The van der Waals surface area contributed by atoms with Gasteiger partial charge in [-0.2, -0.15) is 0 Å². The number of benzene rings is 6. The third-order valence-corrected chi connectivity index (χ3v) is 11.8. The number of hydrogen-bond donors (Lipinski definition) is 0. The summed E-state index contributed by atoms with van der Waals surface area (Å²) in [5, 5.41) is 0. The van der Waals surface area contributed by atoms with E-state index in [0.29, 0.717) is 0 Å². The summed E-state index contributed by atoms with van der Waals surface area (Å²) < 4.78 is 0. The van der Waals surface area contributed by atoms with Crippen LogP contribution in [-0.2, 0) is 5.41 Å². The zero-order valence-corrected chi connectivity index (χ0v) is 23.2. The van der Waals surface area contributed by atoms with Gasteiger partial charge >= 0.3 is 0 Å². The Hall–Kier alpha value is -3.92. The lowest BCUT2D eigenvalue weighted by atomic mass is 9.36. The third-order valence-electron chi connectivity index (χ3n) is 9.42. The highest BCUT2D eigenvalue weighted by atomic mass is 32.2. The van der Waals surface area contributed by atoms with Crippen LogP contribution in [-0.4, -0.2) is 6.71 Å². The van der Waals surface area contributed by atoms with Crippen molar-refractivity contribution in [2.45, 2.75) is 25.0 Å². The fourth-order valence-corrected chi connectivity index (χ4v) is 10.6. The van der Waals surface area contributed by atoms with Crippen molar-refractivity contribution in [3.05, 3.63) is 150 Å². The molecule has 0 fully saturated rings. The van der Waals surface area contributed by atoms with Gasteiger partial charge in [0.15, 0.2) is 0 Å². The van der Waals surface area contributed by atoms with Gasteiger partial charge in [-0.25, -0.2) is 0 Å². The molecule has 6 aromatic carbocycles. The van der Waals surface area contributed by atoms with Crippen LogP contribution in [0.1, 0.15) is 22.3 Å². The number of hydrogen-bond acceptors (Lipinski definition) is 2. The Kier molecular flexibility index (Phi) is 4.17. The number of fused-ring (bicyclic) bond motifs is 15. The van der Waals surface area contributed by atoms with Crippen LogP contribution < -0.4 is 16.4 Å². The third kappa shape index (κ3) is 2.46. The molecule has 0 saturated heterocycles. The van der Waals surface area contributed by atoms with Crippen LogP contribution in [0, 0.1) is 0 Å². The molecular weight excluding hydrogens is 519 g/mol. The van der Waals surface area contributed by atoms with E-state index in [1.165, 1.54) is 80.5 Å². The lowest BCUT2D eigenvalue weighted by Gasteiger charge is -2.36. The molecule has 0 aromatic heterocycles. The average molecular weight is 541 g/mol. The maximum Gasteiger partial charge on any atom is 0.247 e.